The number of para-hydroxylation sites is 1. The van der Waals surface area contributed by atoms with Crippen molar-refractivity contribution in [1.82, 2.24) is 0 Å². The summed E-state index contributed by atoms with van der Waals surface area (Å²) in [5.74, 6) is -0.870. The Kier molecular flexibility index (Phi) is 5.33. The van der Waals surface area contributed by atoms with Crippen LogP contribution in [-0.2, 0) is 14.6 Å². The van der Waals surface area contributed by atoms with Gasteiger partial charge in [-0.25, -0.2) is 8.42 Å². The molecule has 0 saturated carbocycles. The quantitative estimate of drug-likeness (QED) is 0.793. The third kappa shape index (κ3) is 4.27. The lowest BCUT2D eigenvalue weighted by atomic mass is 10.2. The fourth-order valence-electron chi connectivity index (χ4n) is 1.74. The summed E-state index contributed by atoms with van der Waals surface area (Å²) in [4.78, 5) is 11.6. The third-order valence-electron chi connectivity index (χ3n) is 2.96. The lowest BCUT2D eigenvalue weighted by molar-refractivity contribution is -0.112. The summed E-state index contributed by atoms with van der Waals surface area (Å²) in [7, 11) is -4.33. The summed E-state index contributed by atoms with van der Waals surface area (Å²) in [5, 5.41) is 0.899. The van der Waals surface area contributed by atoms with Crippen LogP contribution in [0.4, 0.5) is 10.1 Å². The number of hydrogen-bond acceptors (Lipinski definition) is 3. The molecule has 0 saturated heterocycles. The van der Waals surface area contributed by atoms with Gasteiger partial charge >= 0.3 is 0 Å². The van der Waals surface area contributed by atoms with Crippen molar-refractivity contribution in [3.63, 3.8) is 0 Å². The fraction of sp³-hybridized carbons (Fsp3) is 0.0625. The first kappa shape index (κ1) is 17.4. The van der Waals surface area contributed by atoms with E-state index in [0.717, 1.165) is 5.56 Å². The first-order valence-corrected chi connectivity index (χ1v) is 8.83. The molecule has 0 bridgehead atoms. The molecular weight excluding hydrogens is 385 g/mol. The molecule has 0 aromatic heterocycles. The molecule has 7 heteroatoms. The van der Waals surface area contributed by atoms with Gasteiger partial charge in [-0.2, -0.15) is 4.39 Å². The molecule has 23 heavy (non-hydrogen) atoms. The Morgan fingerprint density at radius 2 is 1.74 bits per heavy atom. The van der Waals surface area contributed by atoms with Crippen molar-refractivity contribution in [3.8, 4) is 0 Å². The Morgan fingerprint density at radius 1 is 1.13 bits per heavy atom. The molecule has 1 amide bonds. The molecule has 0 aliphatic carbocycles. The van der Waals surface area contributed by atoms with Gasteiger partial charge in [0.1, 0.15) is 0 Å². The summed E-state index contributed by atoms with van der Waals surface area (Å²) in [6.07, 6.45) is 0.425. The van der Waals surface area contributed by atoms with Crippen LogP contribution >= 0.6 is 15.9 Å². The van der Waals surface area contributed by atoms with E-state index in [1.807, 2.05) is 0 Å². The van der Waals surface area contributed by atoms with Crippen LogP contribution in [0.2, 0.25) is 0 Å². The van der Waals surface area contributed by atoms with E-state index in [1.165, 1.54) is 12.1 Å². The Labute approximate surface area is 142 Å². The predicted molar refractivity (Wildman–Crippen MR) is 90.3 cm³/mol. The van der Waals surface area contributed by atoms with E-state index >= 15 is 0 Å². The number of rotatable bonds is 4. The maximum absolute atomic E-state index is 14.0. The molecule has 2 aromatic carbocycles. The lowest BCUT2D eigenvalue weighted by Crippen LogP contribution is -2.11. The van der Waals surface area contributed by atoms with Gasteiger partial charge in [-0.1, -0.05) is 29.8 Å². The van der Waals surface area contributed by atoms with Crippen LogP contribution in [0.25, 0.3) is 0 Å². The van der Waals surface area contributed by atoms with Crippen molar-refractivity contribution in [2.45, 2.75) is 11.8 Å². The maximum atomic E-state index is 14.0. The predicted octanol–water partition coefficient (Wildman–Crippen LogP) is 3.98. The smallest absolute Gasteiger partial charge is 0.252 e. The van der Waals surface area contributed by atoms with Gasteiger partial charge in [0.25, 0.3) is 5.91 Å². The number of aryl methyl sites for hydroxylation is 1. The minimum Gasteiger partial charge on any atom is -0.321 e. The SMILES string of the molecule is Cc1ccc(S(=O)(=O)C(F)=CC(=O)Nc2ccccc2Br)cc1. The molecule has 1 N–H and O–H groups in total. The second-order valence-electron chi connectivity index (χ2n) is 4.73. The summed E-state index contributed by atoms with van der Waals surface area (Å²) >= 11 is 3.23. The van der Waals surface area contributed by atoms with Crippen molar-refractivity contribution in [3.05, 3.63) is 69.8 Å². The summed E-state index contributed by atoms with van der Waals surface area (Å²) in [5.41, 5.74) is 1.26. The zero-order chi connectivity index (χ0) is 17.0. The largest absolute Gasteiger partial charge is 0.321 e. The summed E-state index contributed by atoms with van der Waals surface area (Å²) in [6.45, 7) is 1.79. The van der Waals surface area contributed by atoms with E-state index in [0.29, 0.717) is 16.2 Å². The highest BCUT2D eigenvalue weighted by atomic mass is 79.9. The van der Waals surface area contributed by atoms with Gasteiger partial charge in [-0.05, 0) is 47.1 Å². The van der Waals surface area contributed by atoms with Gasteiger partial charge in [0.05, 0.1) is 16.7 Å². The number of halogens is 2. The van der Waals surface area contributed by atoms with Gasteiger partial charge in [-0.3, -0.25) is 4.79 Å². The minimum atomic E-state index is -4.33. The molecule has 0 atom stereocenters. The standard InChI is InChI=1S/C16H13BrFNO3S/c1-11-6-8-12(9-7-11)23(21,22)15(18)10-16(20)19-14-5-3-2-4-13(14)17/h2-10H,1H3,(H,19,20). The molecule has 0 heterocycles. The highest BCUT2D eigenvalue weighted by Crippen LogP contribution is 2.23. The number of nitrogens with one attached hydrogen (secondary N) is 1. The average molecular weight is 398 g/mol. The molecule has 0 aliphatic heterocycles. The third-order valence-corrected chi connectivity index (χ3v) is 5.18. The van der Waals surface area contributed by atoms with Crippen molar-refractivity contribution in [2.24, 2.45) is 0 Å². The van der Waals surface area contributed by atoms with Crippen LogP contribution in [0.1, 0.15) is 5.56 Å². The fourth-order valence-corrected chi connectivity index (χ4v) is 3.11. The Bertz CT molecular complexity index is 861. The lowest BCUT2D eigenvalue weighted by Gasteiger charge is -2.05. The molecule has 2 aromatic rings. The van der Waals surface area contributed by atoms with E-state index in [-0.39, 0.29) is 4.90 Å². The van der Waals surface area contributed by atoms with Gasteiger partial charge in [0, 0.05) is 4.47 Å². The van der Waals surface area contributed by atoms with Crippen molar-refractivity contribution >= 4 is 37.4 Å². The van der Waals surface area contributed by atoms with Crippen LogP contribution in [-0.4, -0.2) is 14.3 Å². The van der Waals surface area contributed by atoms with E-state index in [4.69, 9.17) is 0 Å². The zero-order valence-electron chi connectivity index (χ0n) is 12.1. The zero-order valence-corrected chi connectivity index (χ0v) is 14.5. The van der Waals surface area contributed by atoms with Gasteiger partial charge in [-0.15, -0.1) is 0 Å². The topological polar surface area (TPSA) is 63.2 Å². The van der Waals surface area contributed by atoms with Crippen LogP contribution < -0.4 is 5.32 Å². The van der Waals surface area contributed by atoms with Crippen LogP contribution in [0.15, 0.2) is 69.1 Å². The van der Waals surface area contributed by atoms with E-state index in [9.17, 15) is 17.6 Å². The van der Waals surface area contributed by atoms with Crippen LogP contribution in [0.5, 0.6) is 0 Å². The molecule has 0 aliphatic rings. The molecule has 0 fully saturated rings. The van der Waals surface area contributed by atoms with E-state index < -0.39 is 20.9 Å². The second-order valence-corrected chi connectivity index (χ2v) is 7.46. The van der Waals surface area contributed by atoms with Crippen LogP contribution in [0, 0.1) is 6.92 Å². The molecular formula is C16H13BrFNO3S. The molecule has 0 spiro atoms. The van der Waals surface area contributed by atoms with E-state index in [1.54, 1.807) is 43.3 Å². The average Bonchev–Trinajstić information content (AvgIpc) is 2.50. The molecule has 120 valence electrons. The number of carbonyl (C=O) groups is 1. The summed E-state index contributed by atoms with van der Waals surface area (Å²) in [6, 6.07) is 12.4. The van der Waals surface area contributed by atoms with E-state index in [2.05, 4.69) is 21.2 Å². The van der Waals surface area contributed by atoms with Crippen molar-refractivity contribution in [2.75, 3.05) is 5.32 Å². The Morgan fingerprint density at radius 3 is 2.35 bits per heavy atom. The highest BCUT2D eigenvalue weighted by molar-refractivity contribution is 9.10. The van der Waals surface area contributed by atoms with Crippen molar-refractivity contribution in [1.29, 1.82) is 0 Å². The number of amides is 1. The molecule has 2 rings (SSSR count). The second kappa shape index (κ2) is 7.06. The molecule has 0 radical (unpaired) electrons. The van der Waals surface area contributed by atoms with Gasteiger partial charge in [0.15, 0.2) is 0 Å². The monoisotopic (exact) mass is 397 g/mol. The number of sulfone groups is 1. The Hall–Kier alpha value is -1.99. The number of carbonyl (C=O) groups excluding carboxylic acids is 1. The van der Waals surface area contributed by atoms with Gasteiger partial charge < -0.3 is 5.32 Å². The molecule has 4 nitrogen and oxygen atoms in total. The first-order valence-electron chi connectivity index (χ1n) is 6.55. The normalized spacial score (nSPS) is 12.0. The van der Waals surface area contributed by atoms with Gasteiger partial charge in [0.2, 0.25) is 15.0 Å². The Balaban J connectivity index is 2.23. The maximum Gasteiger partial charge on any atom is 0.252 e. The summed E-state index contributed by atoms with van der Waals surface area (Å²) < 4.78 is 38.8. The highest BCUT2D eigenvalue weighted by Gasteiger charge is 2.22. The molecule has 0 unspecified atom stereocenters. The number of benzene rings is 2. The minimum absolute atomic E-state index is 0.203. The van der Waals surface area contributed by atoms with Crippen LogP contribution in [0.3, 0.4) is 0 Å². The number of hydrogen-bond donors (Lipinski definition) is 1. The first-order chi connectivity index (χ1) is 10.8. The number of anilines is 1. The van der Waals surface area contributed by atoms with Crippen molar-refractivity contribution < 1.29 is 17.6 Å².